The first kappa shape index (κ1) is 14.6. The van der Waals surface area contributed by atoms with Crippen LogP contribution >= 0.6 is 0 Å². The molecule has 0 aromatic heterocycles. The number of carboxylic acid groups (broad SMARTS) is 1. The van der Waals surface area contributed by atoms with E-state index in [1.54, 1.807) is 0 Å². The molecule has 0 aromatic rings. The molecule has 0 saturated carbocycles. The highest BCUT2D eigenvalue weighted by Gasteiger charge is 2.39. The topological polar surface area (TPSA) is 69.6 Å². The van der Waals surface area contributed by atoms with Crippen molar-refractivity contribution in [3.05, 3.63) is 12.2 Å². The highest BCUT2D eigenvalue weighted by atomic mass is 16.4. The fourth-order valence-electron chi connectivity index (χ4n) is 4.08. The van der Waals surface area contributed by atoms with Gasteiger partial charge in [0.25, 0.3) is 0 Å². The van der Waals surface area contributed by atoms with Gasteiger partial charge < -0.3 is 10.4 Å². The number of nitrogens with one attached hydrogen (secondary N) is 1. The first-order valence-corrected chi connectivity index (χ1v) is 8.09. The molecule has 5 heteroatoms. The fourth-order valence-corrected chi connectivity index (χ4v) is 4.08. The van der Waals surface area contributed by atoms with Gasteiger partial charge in [-0.2, -0.15) is 0 Å². The second-order valence-electron chi connectivity index (χ2n) is 6.50. The summed E-state index contributed by atoms with van der Waals surface area (Å²) in [5.41, 5.74) is 0. The number of hydrogen-bond acceptors (Lipinski definition) is 3. The van der Waals surface area contributed by atoms with Crippen molar-refractivity contribution in [2.45, 2.75) is 50.6 Å². The van der Waals surface area contributed by atoms with E-state index in [4.69, 9.17) is 0 Å². The van der Waals surface area contributed by atoms with E-state index in [0.717, 1.165) is 25.9 Å². The van der Waals surface area contributed by atoms with Crippen molar-refractivity contribution in [3.63, 3.8) is 0 Å². The Labute approximate surface area is 125 Å². The molecule has 0 aromatic carbocycles. The molecule has 2 aliphatic heterocycles. The molecule has 2 heterocycles. The lowest BCUT2D eigenvalue weighted by Gasteiger charge is -2.33. The third-order valence-corrected chi connectivity index (χ3v) is 5.27. The molecule has 2 N–H and O–H groups in total. The van der Waals surface area contributed by atoms with Crippen LogP contribution in [0.5, 0.6) is 0 Å². The predicted octanol–water partition coefficient (Wildman–Crippen LogP) is 1.40. The van der Waals surface area contributed by atoms with Crippen LogP contribution in [0.4, 0.5) is 0 Å². The zero-order valence-electron chi connectivity index (χ0n) is 12.3. The van der Waals surface area contributed by atoms with Gasteiger partial charge in [-0.05, 0) is 38.6 Å². The summed E-state index contributed by atoms with van der Waals surface area (Å²) < 4.78 is 0. The normalized spacial score (nSPS) is 36.2. The third-order valence-electron chi connectivity index (χ3n) is 5.27. The Morgan fingerprint density at radius 3 is 2.57 bits per heavy atom. The highest BCUT2D eigenvalue weighted by molar-refractivity contribution is 5.85. The zero-order chi connectivity index (χ0) is 14.8. The number of aliphatic carboxylic acids is 1. The minimum absolute atomic E-state index is 0.0656. The van der Waals surface area contributed by atoms with Crippen LogP contribution in [0.25, 0.3) is 0 Å². The fraction of sp³-hybridized carbons (Fsp3) is 0.750. The largest absolute Gasteiger partial charge is 0.481 e. The summed E-state index contributed by atoms with van der Waals surface area (Å²) in [7, 11) is 0. The molecule has 0 spiro atoms. The van der Waals surface area contributed by atoms with Gasteiger partial charge >= 0.3 is 5.97 Å². The number of rotatable bonds is 3. The smallest absolute Gasteiger partial charge is 0.307 e. The van der Waals surface area contributed by atoms with Crippen LogP contribution in [0.2, 0.25) is 0 Å². The molecule has 3 rings (SSSR count). The molecular weight excluding hydrogens is 268 g/mol. The van der Waals surface area contributed by atoms with E-state index in [-0.39, 0.29) is 11.9 Å². The van der Waals surface area contributed by atoms with Gasteiger partial charge in [-0.3, -0.25) is 14.5 Å². The van der Waals surface area contributed by atoms with Crippen molar-refractivity contribution >= 4 is 11.9 Å². The molecule has 1 amide bonds. The first-order valence-electron chi connectivity index (χ1n) is 8.09. The zero-order valence-corrected chi connectivity index (χ0v) is 12.3. The molecule has 2 saturated heterocycles. The van der Waals surface area contributed by atoms with Crippen LogP contribution in [0.3, 0.4) is 0 Å². The van der Waals surface area contributed by atoms with Crippen molar-refractivity contribution in [1.82, 2.24) is 10.2 Å². The number of amides is 1. The summed E-state index contributed by atoms with van der Waals surface area (Å²) in [4.78, 5) is 26.3. The second-order valence-corrected chi connectivity index (χ2v) is 6.50. The van der Waals surface area contributed by atoms with E-state index in [1.807, 2.05) is 12.2 Å². The van der Waals surface area contributed by atoms with Crippen molar-refractivity contribution < 1.29 is 14.7 Å². The molecule has 0 radical (unpaired) electrons. The molecule has 116 valence electrons. The number of allylic oxidation sites excluding steroid dienone is 2. The van der Waals surface area contributed by atoms with Crippen molar-refractivity contribution in [2.75, 3.05) is 13.1 Å². The Balaban J connectivity index is 1.63. The van der Waals surface area contributed by atoms with Gasteiger partial charge in [0.15, 0.2) is 0 Å². The van der Waals surface area contributed by atoms with E-state index in [0.29, 0.717) is 18.9 Å². The predicted molar refractivity (Wildman–Crippen MR) is 78.7 cm³/mol. The number of nitrogens with zero attached hydrogens (tertiary/aromatic N) is 1. The van der Waals surface area contributed by atoms with E-state index >= 15 is 0 Å². The highest BCUT2D eigenvalue weighted by Crippen LogP contribution is 2.29. The van der Waals surface area contributed by atoms with Crippen LogP contribution in [-0.4, -0.2) is 47.1 Å². The second kappa shape index (κ2) is 6.18. The Kier molecular flexibility index (Phi) is 4.29. The number of piperidine rings is 1. The molecule has 2 fully saturated rings. The van der Waals surface area contributed by atoms with E-state index < -0.39 is 17.8 Å². The summed E-state index contributed by atoms with van der Waals surface area (Å²) in [5, 5.41) is 12.4. The van der Waals surface area contributed by atoms with Crippen molar-refractivity contribution in [3.8, 4) is 0 Å². The quantitative estimate of drug-likeness (QED) is 0.771. The monoisotopic (exact) mass is 292 g/mol. The Morgan fingerprint density at radius 2 is 1.81 bits per heavy atom. The van der Waals surface area contributed by atoms with Gasteiger partial charge in [0.05, 0.1) is 11.8 Å². The number of carbonyl (C=O) groups is 2. The van der Waals surface area contributed by atoms with Crippen LogP contribution < -0.4 is 5.32 Å². The average molecular weight is 292 g/mol. The summed E-state index contributed by atoms with van der Waals surface area (Å²) in [6.07, 6.45) is 9.46. The maximum absolute atomic E-state index is 12.5. The minimum atomic E-state index is -0.856. The average Bonchev–Trinajstić information content (AvgIpc) is 2.90. The number of hydrogen-bond donors (Lipinski definition) is 2. The first-order chi connectivity index (χ1) is 10.2. The van der Waals surface area contributed by atoms with Crippen molar-refractivity contribution in [2.24, 2.45) is 11.8 Å². The molecule has 2 unspecified atom stereocenters. The summed E-state index contributed by atoms with van der Waals surface area (Å²) >= 11 is 0. The van der Waals surface area contributed by atoms with Gasteiger partial charge in [-0.25, -0.2) is 0 Å². The van der Waals surface area contributed by atoms with Crippen LogP contribution in [0.15, 0.2) is 12.2 Å². The van der Waals surface area contributed by atoms with Gasteiger partial charge in [0, 0.05) is 18.6 Å². The van der Waals surface area contributed by atoms with E-state index in [2.05, 4.69) is 10.2 Å². The van der Waals surface area contributed by atoms with E-state index in [9.17, 15) is 14.7 Å². The van der Waals surface area contributed by atoms with Gasteiger partial charge in [0.1, 0.15) is 0 Å². The molecule has 21 heavy (non-hydrogen) atoms. The number of fused-ring (bicyclic) bond motifs is 1. The lowest BCUT2D eigenvalue weighted by atomic mass is 9.82. The molecule has 3 aliphatic rings. The number of carboxylic acids is 1. The lowest BCUT2D eigenvalue weighted by Crippen LogP contribution is -2.49. The summed E-state index contributed by atoms with van der Waals surface area (Å²) in [6, 6.07) is 0.670. The van der Waals surface area contributed by atoms with Gasteiger partial charge in [-0.15, -0.1) is 0 Å². The van der Waals surface area contributed by atoms with Gasteiger partial charge in [-0.1, -0.05) is 18.6 Å². The number of carbonyl (C=O) groups excluding carboxylic acids is 1. The molecular formula is C16H24N2O3. The van der Waals surface area contributed by atoms with E-state index in [1.165, 1.54) is 12.8 Å². The van der Waals surface area contributed by atoms with Gasteiger partial charge in [0.2, 0.25) is 5.91 Å². The maximum Gasteiger partial charge on any atom is 0.307 e. The van der Waals surface area contributed by atoms with Crippen LogP contribution in [-0.2, 0) is 9.59 Å². The van der Waals surface area contributed by atoms with Crippen LogP contribution in [0, 0.1) is 11.8 Å². The van der Waals surface area contributed by atoms with Crippen molar-refractivity contribution in [1.29, 1.82) is 0 Å². The molecule has 5 nitrogen and oxygen atoms in total. The molecule has 1 aliphatic carbocycles. The lowest BCUT2D eigenvalue weighted by molar-refractivity contribution is -0.147. The SMILES string of the molecule is O=C(O)[C@H]1CC=CC[C@H]1C(=O)NC1CCN2CCCCC12. The Bertz CT molecular complexity index is 449. The Hall–Kier alpha value is -1.36. The Morgan fingerprint density at radius 1 is 1.05 bits per heavy atom. The van der Waals surface area contributed by atoms with Crippen LogP contribution in [0.1, 0.15) is 38.5 Å². The maximum atomic E-state index is 12.5. The third kappa shape index (κ3) is 2.98. The summed E-state index contributed by atoms with van der Waals surface area (Å²) in [5.74, 6) is -1.90. The molecule has 4 atom stereocenters. The molecule has 0 bridgehead atoms. The summed E-state index contributed by atoms with van der Waals surface area (Å²) in [6.45, 7) is 2.20. The minimum Gasteiger partial charge on any atom is -0.481 e. The standard InChI is InChI=1S/C16H24N2O3/c19-15(11-5-1-2-6-12(11)16(20)21)17-13-8-10-18-9-4-3-7-14(13)18/h1-2,11-14H,3-10H2,(H,17,19)(H,20,21)/t11-,12+,13?,14?/m1/s1.